The van der Waals surface area contributed by atoms with Gasteiger partial charge in [-0.15, -0.1) is 0 Å². The number of rotatable bonds is 3. The van der Waals surface area contributed by atoms with Gasteiger partial charge in [-0.3, -0.25) is 0 Å². The first kappa shape index (κ1) is 13.8. The molecule has 22 heavy (non-hydrogen) atoms. The van der Waals surface area contributed by atoms with E-state index in [4.69, 9.17) is 4.74 Å². The van der Waals surface area contributed by atoms with Gasteiger partial charge in [-0.2, -0.15) is 0 Å². The minimum atomic E-state index is -0.532. The summed E-state index contributed by atoms with van der Waals surface area (Å²) in [4.78, 5) is 15.9. The van der Waals surface area contributed by atoms with E-state index in [1.807, 2.05) is 36.4 Å². The van der Waals surface area contributed by atoms with Gasteiger partial charge in [0.25, 0.3) is 0 Å². The highest BCUT2D eigenvalue weighted by atomic mass is 16.6. The first-order chi connectivity index (χ1) is 10.7. The molecule has 0 fully saturated rings. The monoisotopic (exact) mass is 291 g/mol. The van der Waals surface area contributed by atoms with E-state index in [2.05, 4.69) is 4.99 Å². The van der Waals surface area contributed by atoms with Crippen LogP contribution >= 0.6 is 0 Å². The fraction of sp³-hybridized carbons (Fsp3) is 0. The molecule has 4 heteroatoms. The van der Waals surface area contributed by atoms with Crippen molar-refractivity contribution >= 4 is 24.0 Å². The molecule has 0 bridgehead atoms. The standard InChI is InChI=1S/C18H13NO3/c20-16-9-5-4-8-14(16)12-15-18(21)22-17(19-15)11-10-13-6-2-1-3-7-13/h1-12,20H/b11-10+,15-12+. The molecule has 0 radical (unpaired) electrons. The number of ether oxygens (including phenoxy) is 1. The molecular formula is C18H13NO3. The molecule has 0 saturated heterocycles. The topological polar surface area (TPSA) is 58.9 Å². The van der Waals surface area contributed by atoms with Crippen LogP contribution in [0.15, 0.2) is 71.4 Å². The van der Waals surface area contributed by atoms with Gasteiger partial charge < -0.3 is 9.84 Å². The molecule has 0 spiro atoms. The Hall–Kier alpha value is -3.14. The molecule has 0 atom stereocenters. The molecule has 3 rings (SSSR count). The molecule has 0 unspecified atom stereocenters. The largest absolute Gasteiger partial charge is 0.507 e. The number of carbonyl (C=O) groups excluding carboxylic acids is 1. The van der Waals surface area contributed by atoms with E-state index >= 15 is 0 Å². The number of aromatic hydroxyl groups is 1. The Labute approximate surface area is 127 Å². The quantitative estimate of drug-likeness (QED) is 0.696. The zero-order chi connectivity index (χ0) is 15.4. The van der Waals surface area contributed by atoms with E-state index in [0.717, 1.165) is 5.56 Å². The van der Waals surface area contributed by atoms with Crippen molar-refractivity contribution in [2.45, 2.75) is 0 Å². The van der Waals surface area contributed by atoms with Crippen LogP contribution < -0.4 is 0 Å². The number of para-hydroxylation sites is 1. The van der Waals surface area contributed by atoms with Gasteiger partial charge >= 0.3 is 5.97 Å². The van der Waals surface area contributed by atoms with Crippen LogP contribution in [-0.4, -0.2) is 17.0 Å². The molecule has 1 heterocycles. The molecule has 1 N–H and O–H groups in total. The number of carbonyl (C=O) groups is 1. The highest BCUT2D eigenvalue weighted by Gasteiger charge is 2.21. The predicted molar refractivity (Wildman–Crippen MR) is 85.1 cm³/mol. The maximum atomic E-state index is 11.8. The zero-order valence-corrected chi connectivity index (χ0v) is 11.6. The second kappa shape index (κ2) is 6.10. The third kappa shape index (κ3) is 3.12. The van der Waals surface area contributed by atoms with E-state index < -0.39 is 5.97 Å². The van der Waals surface area contributed by atoms with Crippen LogP contribution in [0, 0.1) is 0 Å². The summed E-state index contributed by atoms with van der Waals surface area (Å²) in [6.07, 6.45) is 4.95. The molecule has 0 amide bonds. The van der Waals surface area contributed by atoms with Crippen molar-refractivity contribution in [2.75, 3.05) is 0 Å². The maximum absolute atomic E-state index is 11.8. The van der Waals surface area contributed by atoms with Crippen molar-refractivity contribution in [3.8, 4) is 5.75 Å². The van der Waals surface area contributed by atoms with Gasteiger partial charge in [0.15, 0.2) is 5.70 Å². The van der Waals surface area contributed by atoms with E-state index in [1.165, 1.54) is 6.08 Å². The number of cyclic esters (lactones) is 1. The number of esters is 1. The first-order valence-corrected chi connectivity index (χ1v) is 6.76. The summed E-state index contributed by atoms with van der Waals surface area (Å²) in [5, 5.41) is 9.72. The van der Waals surface area contributed by atoms with Crippen LogP contribution in [0.1, 0.15) is 11.1 Å². The molecule has 2 aromatic carbocycles. The van der Waals surface area contributed by atoms with E-state index in [-0.39, 0.29) is 17.3 Å². The van der Waals surface area contributed by atoms with E-state index in [9.17, 15) is 9.90 Å². The summed E-state index contributed by atoms with van der Waals surface area (Å²) < 4.78 is 5.08. The lowest BCUT2D eigenvalue weighted by Gasteiger charge is -1.97. The second-order valence-corrected chi connectivity index (χ2v) is 4.67. The molecule has 0 aliphatic carbocycles. The minimum Gasteiger partial charge on any atom is -0.507 e. The summed E-state index contributed by atoms with van der Waals surface area (Å²) in [5.74, 6) is -0.210. The third-order valence-corrected chi connectivity index (χ3v) is 3.08. The van der Waals surface area contributed by atoms with Gasteiger partial charge in [0.05, 0.1) is 0 Å². The molecule has 1 aliphatic heterocycles. The summed E-state index contributed by atoms with van der Waals surface area (Å²) in [7, 11) is 0. The number of aliphatic imine (C=N–C) groups is 1. The van der Waals surface area contributed by atoms with Crippen LogP contribution in [0.4, 0.5) is 0 Å². The van der Waals surface area contributed by atoms with E-state index in [1.54, 1.807) is 30.3 Å². The molecule has 4 nitrogen and oxygen atoms in total. The Morgan fingerprint density at radius 1 is 0.955 bits per heavy atom. The average molecular weight is 291 g/mol. The molecule has 108 valence electrons. The highest BCUT2D eigenvalue weighted by Crippen LogP contribution is 2.22. The van der Waals surface area contributed by atoms with Crippen LogP contribution in [0.5, 0.6) is 5.75 Å². The van der Waals surface area contributed by atoms with Crippen molar-refractivity contribution in [2.24, 2.45) is 4.99 Å². The first-order valence-electron chi connectivity index (χ1n) is 6.76. The summed E-state index contributed by atoms with van der Waals surface area (Å²) in [6, 6.07) is 16.4. The van der Waals surface area contributed by atoms with Crippen LogP contribution in [0.2, 0.25) is 0 Å². The zero-order valence-electron chi connectivity index (χ0n) is 11.6. The Bertz CT molecular complexity index is 789. The maximum Gasteiger partial charge on any atom is 0.363 e. The summed E-state index contributed by atoms with van der Waals surface area (Å²) >= 11 is 0. The van der Waals surface area contributed by atoms with Crippen molar-refractivity contribution in [3.05, 3.63) is 77.5 Å². The molecule has 2 aromatic rings. The molecule has 1 aliphatic rings. The Morgan fingerprint density at radius 2 is 1.68 bits per heavy atom. The fourth-order valence-electron chi connectivity index (χ4n) is 1.99. The van der Waals surface area contributed by atoms with Gasteiger partial charge in [-0.25, -0.2) is 9.79 Å². The van der Waals surface area contributed by atoms with Crippen molar-refractivity contribution in [3.63, 3.8) is 0 Å². The normalized spacial score (nSPS) is 16.1. The minimum absolute atomic E-state index is 0.0891. The fourth-order valence-corrected chi connectivity index (χ4v) is 1.99. The average Bonchev–Trinajstić information content (AvgIpc) is 2.89. The lowest BCUT2D eigenvalue weighted by molar-refractivity contribution is -0.129. The van der Waals surface area contributed by atoms with Gasteiger partial charge in [0.2, 0.25) is 5.90 Å². The Morgan fingerprint density at radius 3 is 2.45 bits per heavy atom. The number of phenolic OH excluding ortho intramolecular Hbond substituents is 1. The number of phenols is 1. The van der Waals surface area contributed by atoms with Gasteiger partial charge in [0, 0.05) is 11.6 Å². The summed E-state index contributed by atoms with van der Waals surface area (Å²) in [6.45, 7) is 0. The van der Waals surface area contributed by atoms with E-state index in [0.29, 0.717) is 5.56 Å². The van der Waals surface area contributed by atoms with Gasteiger partial charge in [-0.05, 0) is 23.8 Å². The molecular weight excluding hydrogens is 278 g/mol. The van der Waals surface area contributed by atoms with Gasteiger partial charge in [-0.1, -0.05) is 48.5 Å². The number of hydrogen-bond donors (Lipinski definition) is 1. The van der Waals surface area contributed by atoms with Crippen molar-refractivity contribution in [1.82, 2.24) is 0 Å². The lowest BCUT2D eigenvalue weighted by Crippen LogP contribution is -2.01. The smallest absolute Gasteiger partial charge is 0.363 e. The Balaban J connectivity index is 1.83. The SMILES string of the molecule is O=C1OC(/C=C/c2ccccc2)=NC/1=C/c1ccccc1O. The number of hydrogen-bond acceptors (Lipinski definition) is 4. The lowest BCUT2D eigenvalue weighted by atomic mass is 10.1. The Kier molecular flexibility index (Phi) is 3.83. The summed E-state index contributed by atoms with van der Waals surface area (Å²) in [5.41, 5.74) is 1.67. The van der Waals surface area contributed by atoms with Gasteiger partial charge in [0.1, 0.15) is 5.75 Å². The van der Waals surface area contributed by atoms with Crippen molar-refractivity contribution in [1.29, 1.82) is 0 Å². The van der Waals surface area contributed by atoms with Crippen molar-refractivity contribution < 1.29 is 14.6 Å². The van der Waals surface area contributed by atoms with Crippen LogP contribution in [-0.2, 0) is 9.53 Å². The third-order valence-electron chi connectivity index (χ3n) is 3.08. The number of benzene rings is 2. The number of nitrogens with zero attached hydrogens (tertiary/aromatic N) is 1. The van der Waals surface area contributed by atoms with Crippen LogP contribution in [0.25, 0.3) is 12.2 Å². The molecule has 0 aromatic heterocycles. The molecule has 0 saturated carbocycles. The predicted octanol–water partition coefficient (Wildman–Crippen LogP) is 3.40. The second-order valence-electron chi connectivity index (χ2n) is 4.67. The van der Waals surface area contributed by atoms with Crippen LogP contribution in [0.3, 0.4) is 0 Å². The highest BCUT2D eigenvalue weighted by molar-refractivity contribution is 6.11.